The SMILES string of the molecule is O=[C-]N1CCC(O)CC1. The maximum atomic E-state index is 9.99. The van der Waals surface area contributed by atoms with Crippen molar-refractivity contribution in [3.05, 3.63) is 0 Å². The summed E-state index contributed by atoms with van der Waals surface area (Å²) in [5.41, 5.74) is 0. The molecule has 1 aliphatic rings. The zero-order valence-electron chi connectivity index (χ0n) is 5.21. The number of amides is 1. The maximum Gasteiger partial charge on any atom is 0.0572 e. The van der Waals surface area contributed by atoms with Crippen LogP contribution in [0.3, 0.4) is 0 Å². The number of rotatable bonds is 1. The van der Waals surface area contributed by atoms with Crippen LogP contribution in [0.2, 0.25) is 0 Å². The Hall–Kier alpha value is -0.570. The molecule has 0 aromatic heterocycles. The van der Waals surface area contributed by atoms with E-state index in [9.17, 15) is 4.79 Å². The lowest BCUT2D eigenvalue weighted by atomic mass is 10.1. The van der Waals surface area contributed by atoms with Crippen molar-refractivity contribution < 1.29 is 9.90 Å². The molecule has 3 nitrogen and oxygen atoms in total. The zero-order chi connectivity index (χ0) is 6.69. The largest absolute Gasteiger partial charge is 0.520 e. The van der Waals surface area contributed by atoms with E-state index in [0.29, 0.717) is 25.9 Å². The second-order valence-corrected chi connectivity index (χ2v) is 2.31. The van der Waals surface area contributed by atoms with Crippen LogP contribution in [0.1, 0.15) is 12.8 Å². The molecule has 1 fully saturated rings. The molecule has 1 saturated heterocycles. The third kappa shape index (κ3) is 1.68. The first-order valence-electron chi connectivity index (χ1n) is 3.13. The molecule has 1 amide bonds. The van der Waals surface area contributed by atoms with Crippen molar-refractivity contribution >= 4 is 6.41 Å². The second-order valence-electron chi connectivity index (χ2n) is 2.31. The van der Waals surface area contributed by atoms with Gasteiger partial charge in [-0.25, -0.2) is 0 Å². The summed E-state index contributed by atoms with van der Waals surface area (Å²) < 4.78 is 0. The topological polar surface area (TPSA) is 40.5 Å². The van der Waals surface area contributed by atoms with E-state index in [2.05, 4.69) is 0 Å². The molecule has 0 aromatic carbocycles. The molecule has 0 bridgehead atoms. The van der Waals surface area contributed by atoms with E-state index in [0.717, 1.165) is 0 Å². The molecule has 1 aliphatic heterocycles. The van der Waals surface area contributed by atoms with Gasteiger partial charge in [0.2, 0.25) is 0 Å². The Kier molecular flexibility index (Phi) is 2.05. The summed E-state index contributed by atoms with van der Waals surface area (Å²) >= 11 is 0. The Labute approximate surface area is 54.3 Å². The van der Waals surface area contributed by atoms with Crippen LogP contribution < -0.4 is 0 Å². The van der Waals surface area contributed by atoms with Gasteiger partial charge in [0.1, 0.15) is 0 Å². The summed E-state index contributed by atoms with van der Waals surface area (Å²) in [4.78, 5) is 11.5. The molecule has 9 heavy (non-hydrogen) atoms. The highest BCUT2D eigenvalue weighted by atomic mass is 16.3. The van der Waals surface area contributed by atoms with Gasteiger partial charge in [0.25, 0.3) is 0 Å². The van der Waals surface area contributed by atoms with Gasteiger partial charge in [0.15, 0.2) is 0 Å². The smallest absolute Gasteiger partial charge is 0.0572 e. The fraction of sp³-hybridized carbons (Fsp3) is 0.833. The average Bonchev–Trinajstić information content (AvgIpc) is 1.90. The monoisotopic (exact) mass is 128 g/mol. The van der Waals surface area contributed by atoms with Gasteiger partial charge >= 0.3 is 0 Å². The van der Waals surface area contributed by atoms with Crippen LogP contribution in [0.5, 0.6) is 0 Å². The normalized spacial score (nSPS) is 22.1. The number of hydrogen-bond donors (Lipinski definition) is 1. The fourth-order valence-corrected chi connectivity index (χ4v) is 0.957. The standard InChI is InChI=1S/C6H10NO2/c8-5-7-3-1-6(9)2-4-7/h6,9H,1-4H2/q-1. The highest BCUT2D eigenvalue weighted by Gasteiger charge is 2.09. The van der Waals surface area contributed by atoms with Gasteiger partial charge in [0.05, 0.1) is 6.10 Å². The molecule has 0 aliphatic carbocycles. The van der Waals surface area contributed by atoms with Crippen LogP contribution in [-0.4, -0.2) is 35.6 Å². The Morgan fingerprint density at radius 3 is 2.44 bits per heavy atom. The number of piperidine rings is 1. The highest BCUT2D eigenvalue weighted by Crippen LogP contribution is 2.06. The van der Waals surface area contributed by atoms with Gasteiger partial charge in [-0.3, -0.25) is 0 Å². The molecular weight excluding hydrogens is 118 g/mol. The number of carbonyl (C=O) groups excluding carboxylic acids is 1. The van der Waals surface area contributed by atoms with E-state index in [-0.39, 0.29) is 6.10 Å². The minimum Gasteiger partial charge on any atom is -0.520 e. The number of aliphatic hydroxyl groups excluding tert-OH is 1. The molecule has 52 valence electrons. The maximum absolute atomic E-state index is 9.99. The van der Waals surface area contributed by atoms with Crippen LogP contribution in [0.15, 0.2) is 0 Å². The van der Waals surface area contributed by atoms with Crippen LogP contribution in [0.4, 0.5) is 0 Å². The lowest BCUT2D eigenvalue weighted by Gasteiger charge is -2.34. The van der Waals surface area contributed by atoms with E-state index >= 15 is 0 Å². The van der Waals surface area contributed by atoms with E-state index < -0.39 is 0 Å². The van der Waals surface area contributed by atoms with Crippen molar-refractivity contribution in [2.45, 2.75) is 18.9 Å². The summed E-state index contributed by atoms with van der Waals surface area (Å²) in [6.07, 6.45) is 3.00. The molecule has 1 heterocycles. The predicted molar refractivity (Wildman–Crippen MR) is 32.5 cm³/mol. The molecule has 0 aromatic rings. The molecule has 3 heteroatoms. The summed E-state index contributed by atoms with van der Waals surface area (Å²) in [7, 11) is 0. The molecule has 0 saturated carbocycles. The summed E-state index contributed by atoms with van der Waals surface area (Å²) in [5.74, 6) is 0. The Morgan fingerprint density at radius 1 is 1.44 bits per heavy atom. The van der Waals surface area contributed by atoms with Crippen molar-refractivity contribution in [2.24, 2.45) is 0 Å². The van der Waals surface area contributed by atoms with Gasteiger partial charge in [0, 0.05) is 0 Å². The van der Waals surface area contributed by atoms with Crippen LogP contribution in [-0.2, 0) is 4.79 Å². The molecule has 1 N–H and O–H groups in total. The summed E-state index contributed by atoms with van der Waals surface area (Å²) in [5, 5.41) is 8.97. The number of likely N-dealkylation sites (tertiary alicyclic amines) is 1. The lowest BCUT2D eigenvalue weighted by molar-refractivity contribution is 0.108. The first-order valence-corrected chi connectivity index (χ1v) is 3.13. The number of aliphatic hydroxyl groups is 1. The minimum atomic E-state index is -0.199. The number of hydrogen-bond acceptors (Lipinski definition) is 2. The Balaban J connectivity index is 2.26. The molecule has 0 unspecified atom stereocenters. The first kappa shape index (κ1) is 6.55. The Bertz CT molecular complexity index is 97.2. The van der Waals surface area contributed by atoms with Crippen molar-refractivity contribution in [1.29, 1.82) is 0 Å². The Morgan fingerprint density at radius 2 is 2.00 bits per heavy atom. The van der Waals surface area contributed by atoms with Crippen molar-refractivity contribution in [3.63, 3.8) is 0 Å². The molecule has 0 atom stereocenters. The van der Waals surface area contributed by atoms with Gasteiger partial charge in [-0.1, -0.05) is 0 Å². The first-order chi connectivity index (χ1) is 4.33. The van der Waals surface area contributed by atoms with Crippen molar-refractivity contribution in [1.82, 2.24) is 4.90 Å². The quantitative estimate of drug-likeness (QED) is 0.484. The zero-order valence-corrected chi connectivity index (χ0v) is 5.21. The van der Waals surface area contributed by atoms with Crippen LogP contribution >= 0.6 is 0 Å². The van der Waals surface area contributed by atoms with Gasteiger partial charge in [-0.15, -0.1) is 0 Å². The minimum absolute atomic E-state index is 0.199. The average molecular weight is 128 g/mol. The van der Waals surface area contributed by atoms with Gasteiger partial charge in [-0.05, 0) is 25.9 Å². The molecule has 0 spiro atoms. The van der Waals surface area contributed by atoms with E-state index in [1.807, 2.05) is 0 Å². The lowest BCUT2D eigenvalue weighted by Crippen LogP contribution is -2.34. The predicted octanol–water partition coefficient (Wildman–Crippen LogP) is -0.490. The van der Waals surface area contributed by atoms with Crippen LogP contribution in [0.25, 0.3) is 0 Å². The second kappa shape index (κ2) is 2.82. The molecule has 1 rings (SSSR count). The van der Waals surface area contributed by atoms with E-state index in [1.54, 1.807) is 11.3 Å². The fourth-order valence-electron chi connectivity index (χ4n) is 0.957. The van der Waals surface area contributed by atoms with Crippen LogP contribution in [0, 0.1) is 0 Å². The summed E-state index contributed by atoms with van der Waals surface area (Å²) in [6.45, 7) is 1.31. The van der Waals surface area contributed by atoms with Crippen molar-refractivity contribution in [2.75, 3.05) is 13.1 Å². The molecular formula is C6H10NO2-. The highest BCUT2D eigenvalue weighted by molar-refractivity contribution is 5.48. The summed E-state index contributed by atoms with van der Waals surface area (Å²) in [6, 6.07) is 0. The van der Waals surface area contributed by atoms with E-state index in [1.165, 1.54) is 0 Å². The molecule has 0 radical (unpaired) electrons. The van der Waals surface area contributed by atoms with Gasteiger partial charge < -0.3 is 14.8 Å². The number of nitrogens with zero attached hydrogens (tertiary/aromatic N) is 1. The van der Waals surface area contributed by atoms with Crippen molar-refractivity contribution in [3.8, 4) is 0 Å². The third-order valence-corrected chi connectivity index (χ3v) is 1.59. The third-order valence-electron chi connectivity index (χ3n) is 1.59. The van der Waals surface area contributed by atoms with E-state index in [4.69, 9.17) is 5.11 Å². The van der Waals surface area contributed by atoms with Gasteiger partial charge in [-0.2, -0.15) is 6.41 Å².